The van der Waals surface area contributed by atoms with Crippen LogP contribution in [0.3, 0.4) is 0 Å². The van der Waals surface area contributed by atoms with Crippen molar-refractivity contribution in [1.82, 2.24) is 30.1 Å². The molecule has 2 aromatic carbocycles. The van der Waals surface area contributed by atoms with E-state index in [0.717, 1.165) is 58.6 Å². The molecular weight excluding hydrogens is 456 g/mol. The lowest BCUT2D eigenvalue weighted by atomic mass is 10.0. The van der Waals surface area contributed by atoms with Gasteiger partial charge in [-0.2, -0.15) is 0 Å². The fraction of sp³-hybridized carbons (Fsp3) is 0.407. The Hall–Kier alpha value is -3.56. The Morgan fingerprint density at radius 1 is 1.14 bits per heavy atom. The van der Waals surface area contributed by atoms with E-state index in [2.05, 4.69) is 44.5 Å². The normalized spacial score (nSPS) is 15.7. The van der Waals surface area contributed by atoms with Gasteiger partial charge in [-0.05, 0) is 66.3 Å². The molecule has 4 aromatic rings. The summed E-state index contributed by atoms with van der Waals surface area (Å²) in [6.45, 7) is 6.98. The van der Waals surface area contributed by atoms with E-state index in [-0.39, 0.29) is 11.7 Å². The zero-order valence-corrected chi connectivity index (χ0v) is 21.0. The molecular formula is C27H32N6O3. The standard InChI is InChI=1S/C27H32N6O3/c1-18-11-19(2)26-21(12-18)13-22(27(34)28-26)15-32(14-20-7-4-5-9-24(20)35-3)17-25-29-30-31-33(25)16-23-8-6-10-36-23/h4-5,7,9,11-13,23H,6,8,10,14-17H2,1-3H3,(H,28,34)/t23-/m1/s1. The maximum absolute atomic E-state index is 13.1. The van der Waals surface area contributed by atoms with Crippen LogP contribution in [0.5, 0.6) is 5.75 Å². The van der Waals surface area contributed by atoms with Gasteiger partial charge in [-0.15, -0.1) is 5.10 Å². The van der Waals surface area contributed by atoms with E-state index < -0.39 is 0 Å². The first-order valence-corrected chi connectivity index (χ1v) is 12.3. The quantitative estimate of drug-likeness (QED) is 0.385. The molecule has 9 nitrogen and oxygen atoms in total. The van der Waals surface area contributed by atoms with E-state index in [0.29, 0.717) is 31.7 Å². The molecule has 9 heteroatoms. The van der Waals surface area contributed by atoms with Crippen molar-refractivity contribution in [3.05, 3.63) is 80.9 Å². The molecule has 188 valence electrons. The number of pyridine rings is 1. The average molecular weight is 489 g/mol. The van der Waals surface area contributed by atoms with Crippen LogP contribution in [0.25, 0.3) is 10.9 Å². The van der Waals surface area contributed by atoms with Crippen LogP contribution >= 0.6 is 0 Å². The van der Waals surface area contributed by atoms with Gasteiger partial charge in [0, 0.05) is 30.8 Å². The summed E-state index contributed by atoms with van der Waals surface area (Å²) in [6, 6.07) is 14.1. The summed E-state index contributed by atoms with van der Waals surface area (Å²) in [7, 11) is 1.67. The number of hydrogen-bond donors (Lipinski definition) is 1. The number of tetrazole rings is 1. The molecule has 3 heterocycles. The fourth-order valence-corrected chi connectivity index (χ4v) is 4.99. The van der Waals surface area contributed by atoms with Crippen molar-refractivity contribution in [2.45, 2.75) is 59.0 Å². The Labute approximate surface area is 210 Å². The Bertz CT molecular complexity index is 1410. The van der Waals surface area contributed by atoms with Crippen molar-refractivity contribution in [3.63, 3.8) is 0 Å². The Morgan fingerprint density at radius 3 is 2.78 bits per heavy atom. The van der Waals surface area contributed by atoms with Crippen LogP contribution in [0.15, 0.2) is 47.3 Å². The van der Waals surface area contributed by atoms with Crippen LogP contribution in [0.2, 0.25) is 0 Å². The molecule has 1 aliphatic heterocycles. The van der Waals surface area contributed by atoms with E-state index in [1.165, 1.54) is 0 Å². The smallest absolute Gasteiger partial charge is 0.252 e. The third kappa shape index (κ3) is 5.32. The maximum Gasteiger partial charge on any atom is 0.252 e. The highest BCUT2D eigenvalue weighted by atomic mass is 16.5. The van der Waals surface area contributed by atoms with E-state index >= 15 is 0 Å². The summed E-state index contributed by atoms with van der Waals surface area (Å²) in [5.41, 5.74) is 4.75. The number of H-pyrrole nitrogens is 1. The monoisotopic (exact) mass is 488 g/mol. The van der Waals surface area contributed by atoms with Crippen molar-refractivity contribution in [3.8, 4) is 5.75 Å². The molecule has 2 aromatic heterocycles. The van der Waals surface area contributed by atoms with Crippen LogP contribution in [0.1, 0.15) is 40.9 Å². The third-order valence-corrected chi connectivity index (χ3v) is 6.72. The van der Waals surface area contributed by atoms with Crippen molar-refractivity contribution < 1.29 is 9.47 Å². The molecule has 1 atom stereocenters. The minimum Gasteiger partial charge on any atom is -0.496 e. The third-order valence-electron chi connectivity index (χ3n) is 6.72. The van der Waals surface area contributed by atoms with Crippen LogP contribution in [-0.4, -0.2) is 49.9 Å². The predicted octanol–water partition coefficient (Wildman–Crippen LogP) is 3.52. The molecule has 0 saturated carbocycles. The first-order valence-electron chi connectivity index (χ1n) is 12.3. The molecule has 1 fully saturated rings. The molecule has 36 heavy (non-hydrogen) atoms. The summed E-state index contributed by atoms with van der Waals surface area (Å²) in [6.07, 6.45) is 2.20. The molecule has 0 aliphatic carbocycles. The van der Waals surface area contributed by atoms with Crippen molar-refractivity contribution in [2.75, 3.05) is 13.7 Å². The number of benzene rings is 2. The molecule has 0 amide bonds. The summed E-state index contributed by atoms with van der Waals surface area (Å²) in [5, 5.41) is 13.5. The molecule has 0 radical (unpaired) electrons. The highest BCUT2D eigenvalue weighted by molar-refractivity contribution is 5.82. The first kappa shape index (κ1) is 24.1. The second-order valence-electron chi connectivity index (χ2n) is 9.54. The summed E-state index contributed by atoms with van der Waals surface area (Å²) in [5.74, 6) is 1.55. The topological polar surface area (TPSA) is 98.2 Å². The van der Waals surface area contributed by atoms with Gasteiger partial charge in [0.25, 0.3) is 5.56 Å². The van der Waals surface area contributed by atoms with Crippen LogP contribution < -0.4 is 10.3 Å². The fourth-order valence-electron chi connectivity index (χ4n) is 4.99. The number of aromatic amines is 1. The van der Waals surface area contributed by atoms with Gasteiger partial charge in [0.2, 0.25) is 0 Å². The van der Waals surface area contributed by atoms with Gasteiger partial charge in [-0.1, -0.05) is 29.8 Å². The van der Waals surface area contributed by atoms with E-state index in [4.69, 9.17) is 9.47 Å². The van der Waals surface area contributed by atoms with Gasteiger partial charge in [0.05, 0.1) is 31.8 Å². The number of nitrogens with one attached hydrogen (secondary N) is 1. The van der Waals surface area contributed by atoms with Gasteiger partial charge in [0.15, 0.2) is 5.82 Å². The molecule has 0 bridgehead atoms. The maximum atomic E-state index is 13.1. The lowest BCUT2D eigenvalue weighted by Crippen LogP contribution is -2.29. The van der Waals surface area contributed by atoms with Gasteiger partial charge < -0.3 is 14.5 Å². The van der Waals surface area contributed by atoms with Gasteiger partial charge in [-0.25, -0.2) is 4.68 Å². The van der Waals surface area contributed by atoms with Gasteiger partial charge in [0.1, 0.15) is 5.75 Å². The average Bonchev–Trinajstić information content (AvgIpc) is 3.53. The van der Waals surface area contributed by atoms with Crippen LogP contribution in [-0.2, 0) is 30.9 Å². The minimum atomic E-state index is -0.0848. The Balaban J connectivity index is 1.46. The number of fused-ring (bicyclic) bond motifs is 1. The summed E-state index contributed by atoms with van der Waals surface area (Å²) < 4.78 is 13.2. The summed E-state index contributed by atoms with van der Waals surface area (Å²) in [4.78, 5) is 18.4. The van der Waals surface area contributed by atoms with Gasteiger partial charge >= 0.3 is 0 Å². The molecule has 0 spiro atoms. The number of rotatable bonds is 9. The molecule has 1 saturated heterocycles. The zero-order chi connectivity index (χ0) is 25.1. The lowest BCUT2D eigenvalue weighted by molar-refractivity contribution is 0.0914. The van der Waals surface area contributed by atoms with E-state index in [9.17, 15) is 4.79 Å². The zero-order valence-electron chi connectivity index (χ0n) is 21.0. The number of methoxy groups -OCH3 is 1. The molecule has 1 aliphatic rings. The minimum absolute atomic E-state index is 0.0848. The van der Waals surface area contributed by atoms with E-state index in [1.807, 2.05) is 41.9 Å². The largest absolute Gasteiger partial charge is 0.496 e. The Morgan fingerprint density at radius 2 is 1.97 bits per heavy atom. The molecule has 0 unspecified atom stereocenters. The number of ether oxygens (including phenoxy) is 2. The summed E-state index contributed by atoms with van der Waals surface area (Å²) >= 11 is 0. The van der Waals surface area contributed by atoms with Crippen molar-refractivity contribution >= 4 is 10.9 Å². The van der Waals surface area contributed by atoms with Crippen LogP contribution in [0, 0.1) is 13.8 Å². The highest BCUT2D eigenvalue weighted by Crippen LogP contribution is 2.23. The number of hydrogen-bond acceptors (Lipinski definition) is 7. The second-order valence-corrected chi connectivity index (χ2v) is 9.54. The van der Waals surface area contributed by atoms with Crippen molar-refractivity contribution in [2.24, 2.45) is 0 Å². The number of aromatic nitrogens is 5. The Kier molecular flexibility index (Phi) is 7.11. The highest BCUT2D eigenvalue weighted by Gasteiger charge is 2.21. The van der Waals surface area contributed by atoms with E-state index in [1.54, 1.807) is 7.11 Å². The molecule has 5 rings (SSSR count). The lowest BCUT2D eigenvalue weighted by Gasteiger charge is -2.23. The second kappa shape index (κ2) is 10.6. The SMILES string of the molecule is COc1ccccc1CN(Cc1cc2cc(C)cc(C)c2[nH]c1=O)Cc1nnnn1C[C@H]1CCCO1. The number of para-hydroxylation sites is 1. The predicted molar refractivity (Wildman–Crippen MR) is 137 cm³/mol. The number of nitrogens with zero attached hydrogens (tertiary/aromatic N) is 5. The van der Waals surface area contributed by atoms with Gasteiger partial charge in [-0.3, -0.25) is 9.69 Å². The first-order chi connectivity index (χ1) is 17.5. The van der Waals surface area contributed by atoms with Crippen LogP contribution in [0.4, 0.5) is 0 Å². The van der Waals surface area contributed by atoms with Crippen molar-refractivity contribution in [1.29, 1.82) is 0 Å². The molecule has 1 N–H and O–H groups in total. The number of aryl methyl sites for hydroxylation is 2.